The van der Waals surface area contributed by atoms with Crippen LogP contribution in [-0.2, 0) is 13.6 Å². The van der Waals surface area contributed by atoms with Gasteiger partial charge in [0.1, 0.15) is 5.82 Å². The molecule has 1 unspecified atom stereocenters. The number of rotatable bonds is 6. The highest BCUT2D eigenvalue weighted by Gasteiger charge is 2.21. The monoisotopic (exact) mass is 261 g/mol. The van der Waals surface area contributed by atoms with Crippen LogP contribution in [0.5, 0.6) is 0 Å². The molecule has 2 aromatic rings. The first kappa shape index (κ1) is 13.8. The van der Waals surface area contributed by atoms with Crippen molar-refractivity contribution < 1.29 is 0 Å². The summed E-state index contributed by atoms with van der Waals surface area (Å²) in [7, 11) is 1.96. The minimum absolute atomic E-state index is 0.114. The molecule has 2 heterocycles. The maximum Gasteiger partial charge on any atom is 0.130 e. The molecule has 0 radical (unpaired) electrons. The molecule has 0 saturated carbocycles. The van der Waals surface area contributed by atoms with Crippen LogP contribution in [-0.4, -0.2) is 25.9 Å². The first-order valence-corrected chi connectivity index (χ1v) is 6.91. The van der Waals surface area contributed by atoms with Gasteiger partial charge in [-0.2, -0.15) is 5.10 Å². The van der Waals surface area contributed by atoms with Crippen LogP contribution < -0.4 is 5.32 Å². The summed E-state index contributed by atoms with van der Waals surface area (Å²) in [6.07, 6.45) is 7.08. The summed E-state index contributed by atoms with van der Waals surface area (Å²) in [6, 6.07) is 0.114. The Morgan fingerprint density at radius 2 is 2.16 bits per heavy atom. The Hall–Kier alpha value is -1.62. The second-order valence-corrected chi connectivity index (χ2v) is 4.80. The predicted octanol–water partition coefficient (Wildman–Crippen LogP) is 2.03. The molecule has 5 nitrogen and oxygen atoms in total. The SMILES string of the molecule is CCCNC(c1cn(C)nc1C)c1nccn1CC. The van der Waals surface area contributed by atoms with Crippen molar-refractivity contribution in [1.82, 2.24) is 24.6 Å². The number of hydrogen-bond acceptors (Lipinski definition) is 3. The molecule has 0 aromatic carbocycles. The van der Waals surface area contributed by atoms with Gasteiger partial charge in [-0.1, -0.05) is 6.92 Å². The molecule has 0 spiro atoms. The molecule has 0 fully saturated rings. The molecule has 0 saturated heterocycles. The van der Waals surface area contributed by atoms with Gasteiger partial charge in [-0.3, -0.25) is 4.68 Å². The Bertz CT molecular complexity index is 526. The smallest absolute Gasteiger partial charge is 0.130 e. The number of hydrogen-bond donors (Lipinski definition) is 1. The molecule has 0 amide bonds. The van der Waals surface area contributed by atoms with Gasteiger partial charge in [0, 0.05) is 37.7 Å². The molecular weight excluding hydrogens is 238 g/mol. The lowest BCUT2D eigenvalue weighted by Crippen LogP contribution is -2.26. The van der Waals surface area contributed by atoms with Gasteiger partial charge in [-0.15, -0.1) is 0 Å². The van der Waals surface area contributed by atoms with Gasteiger partial charge in [0.2, 0.25) is 0 Å². The fourth-order valence-electron chi connectivity index (χ4n) is 2.38. The highest BCUT2D eigenvalue weighted by molar-refractivity contribution is 5.26. The first-order chi connectivity index (χ1) is 9.17. The maximum absolute atomic E-state index is 4.53. The largest absolute Gasteiger partial charge is 0.334 e. The Morgan fingerprint density at radius 3 is 2.74 bits per heavy atom. The average Bonchev–Trinajstić information content (AvgIpc) is 2.97. The first-order valence-electron chi connectivity index (χ1n) is 6.91. The zero-order chi connectivity index (χ0) is 13.8. The molecule has 104 valence electrons. The predicted molar refractivity (Wildman–Crippen MR) is 76.0 cm³/mol. The van der Waals surface area contributed by atoms with Gasteiger partial charge in [0.05, 0.1) is 11.7 Å². The second-order valence-electron chi connectivity index (χ2n) is 4.80. The van der Waals surface area contributed by atoms with E-state index in [9.17, 15) is 0 Å². The van der Waals surface area contributed by atoms with Crippen LogP contribution in [0.1, 0.15) is 43.4 Å². The van der Waals surface area contributed by atoms with Gasteiger partial charge in [0.25, 0.3) is 0 Å². The normalized spacial score (nSPS) is 12.8. The van der Waals surface area contributed by atoms with Gasteiger partial charge in [-0.05, 0) is 26.8 Å². The molecule has 0 bridgehead atoms. The third-order valence-electron chi connectivity index (χ3n) is 3.31. The summed E-state index contributed by atoms with van der Waals surface area (Å²) in [5.74, 6) is 1.06. The topological polar surface area (TPSA) is 47.7 Å². The van der Waals surface area contributed by atoms with Gasteiger partial charge < -0.3 is 9.88 Å². The summed E-state index contributed by atoms with van der Waals surface area (Å²) >= 11 is 0. The third-order valence-corrected chi connectivity index (χ3v) is 3.31. The van der Waals surface area contributed by atoms with Crippen LogP contribution in [0.2, 0.25) is 0 Å². The fraction of sp³-hybridized carbons (Fsp3) is 0.571. The van der Waals surface area contributed by atoms with E-state index in [4.69, 9.17) is 0 Å². The molecular formula is C14H23N5. The lowest BCUT2D eigenvalue weighted by atomic mass is 10.1. The summed E-state index contributed by atoms with van der Waals surface area (Å²) < 4.78 is 4.05. The molecule has 0 aliphatic heterocycles. The minimum atomic E-state index is 0.114. The zero-order valence-corrected chi connectivity index (χ0v) is 12.2. The molecule has 0 aliphatic carbocycles. The quantitative estimate of drug-likeness (QED) is 0.865. The van der Waals surface area contributed by atoms with Crippen molar-refractivity contribution in [2.24, 2.45) is 7.05 Å². The van der Waals surface area contributed by atoms with Gasteiger partial charge in [-0.25, -0.2) is 4.98 Å². The van der Waals surface area contributed by atoms with E-state index in [0.717, 1.165) is 31.0 Å². The number of aryl methyl sites for hydroxylation is 3. The Labute approximate surface area is 114 Å². The zero-order valence-electron chi connectivity index (χ0n) is 12.2. The van der Waals surface area contributed by atoms with E-state index < -0.39 is 0 Å². The second kappa shape index (κ2) is 6.02. The van der Waals surface area contributed by atoms with Crippen molar-refractivity contribution in [2.45, 2.75) is 39.8 Å². The van der Waals surface area contributed by atoms with E-state index in [1.807, 2.05) is 24.1 Å². The summed E-state index contributed by atoms with van der Waals surface area (Å²) in [5.41, 5.74) is 2.26. The van der Waals surface area contributed by atoms with E-state index in [2.05, 4.69) is 46.9 Å². The maximum atomic E-state index is 4.53. The van der Waals surface area contributed by atoms with Crippen LogP contribution in [0.25, 0.3) is 0 Å². The van der Waals surface area contributed by atoms with Gasteiger partial charge >= 0.3 is 0 Å². The van der Waals surface area contributed by atoms with Crippen LogP contribution >= 0.6 is 0 Å². The lowest BCUT2D eigenvalue weighted by molar-refractivity contribution is 0.539. The molecule has 1 N–H and O–H groups in total. The highest BCUT2D eigenvalue weighted by atomic mass is 15.3. The van der Waals surface area contributed by atoms with E-state index in [0.29, 0.717) is 0 Å². The number of nitrogens with one attached hydrogen (secondary N) is 1. The Balaban J connectivity index is 2.38. The standard InChI is InChI=1S/C14H23N5/c1-5-7-15-13(12-10-18(4)17-11(12)3)14-16-8-9-19(14)6-2/h8-10,13,15H,5-7H2,1-4H3. The number of aromatic nitrogens is 4. The minimum Gasteiger partial charge on any atom is -0.334 e. The Morgan fingerprint density at radius 1 is 1.37 bits per heavy atom. The Kier molecular flexibility index (Phi) is 4.37. The van der Waals surface area contributed by atoms with Crippen molar-refractivity contribution in [3.05, 3.63) is 35.7 Å². The van der Waals surface area contributed by atoms with E-state index in [1.54, 1.807) is 0 Å². The molecule has 2 aromatic heterocycles. The van der Waals surface area contributed by atoms with Crippen LogP contribution in [0.4, 0.5) is 0 Å². The molecule has 2 rings (SSSR count). The van der Waals surface area contributed by atoms with E-state index in [-0.39, 0.29) is 6.04 Å². The van der Waals surface area contributed by atoms with Gasteiger partial charge in [0.15, 0.2) is 0 Å². The fourth-order valence-corrected chi connectivity index (χ4v) is 2.38. The van der Waals surface area contributed by atoms with Crippen molar-refractivity contribution in [1.29, 1.82) is 0 Å². The molecule has 5 heteroatoms. The lowest BCUT2D eigenvalue weighted by Gasteiger charge is -2.18. The van der Waals surface area contributed by atoms with E-state index in [1.165, 1.54) is 5.56 Å². The third kappa shape index (κ3) is 2.87. The summed E-state index contributed by atoms with van der Waals surface area (Å²) in [6.45, 7) is 8.26. The van der Waals surface area contributed by atoms with Crippen LogP contribution in [0, 0.1) is 6.92 Å². The summed E-state index contributed by atoms with van der Waals surface area (Å²) in [4.78, 5) is 4.53. The summed E-state index contributed by atoms with van der Waals surface area (Å²) in [5, 5.41) is 8.03. The van der Waals surface area contributed by atoms with Crippen LogP contribution in [0.15, 0.2) is 18.6 Å². The van der Waals surface area contributed by atoms with Crippen molar-refractivity contribution in [3.8, 4) is 0 Å². The number of imidazole rings is 1. The van der Waals surface area contributed by atoms with Crippen molar-refractivity contribution >= 4 is 0 Å². The molecule has 0 aliphatic rings. The highest BCUT2D eigenvalue weighted by Crippen LogP contribution is 2.23. The van der Waals surface area contributed by atoms with E-state index >= 15 is 0 Å². The van der Waals surface area contributed by atoms with Crippen LogP contribution in [0.3, 0.4) is 0 Å². The van der Waals surface area contributed by atoms with Crippen molar-refractivity contribution in [2.75, 3.05) is 6.54 Å². The average molecular weight is 261 g/mol. The van der Waals surface area contributed by atoms with Crippen molar-refractivity contribution in [3.63, 3.8) is 0 Å². The molecule has 1 atom stereocenters. The molecule has 19 heavy (non-hydrogen) atoms. The number of nitrogens with zero attached hydrogens (tertiary/aromatic N) is 4.